The van der Waals surface area contributed by atoms with Crippen LogP contribution in [-0.4, -0.2) is 42.6 Å². The van der Waals surface area contributed by atoms with Gasteiger partial charge in [0, 0.05) is 12.1 Å². The molecule has 0 saturated carbocycles. The maximum Gasteiger partial charge on any atom is 0.265 e. The summed E-state index contributed by atoms with van der Waals surface area (Å²) in [5.74, 6) is 0.0651. The predicted molar refractivity (Wildman–Crippen MR) is 121 cm³/mol. The van der Waals surface area contributed by atoms with Crippen LogP contribution in [0.5, 0.6) is 17.2 Å². The molecule has 0 spiro atoms. The van der Waals surface area contributed by atoms with Gasteiger partial charge < -0.3 is 14.2 Å². The molecule has 2 amide bonds. The van der Waals surface area contributed by atoms with Crippen molar-refractivity contribution >= 4 is 35.2 Å². The number of hydrogen-bond acceptors (Lipinski definition) is 6. The number of carbonyl (C=O) groups excluding carboxylic acids is 2. The van der Waals surface area contributed by atoms with E-state index in [1.54, 1.807) is 12.1 Å². The number of thiocarbonyl (C=S) groups is 1. The lowest BCUT2D eigenvalue weighted by Crippen LogP contribution is -2.53. The molecule has 1 saturated heterocycles. The molecular formula is C23H22N2O5S. The molecule has 0 atom stereocenters. The van der Waals surface area contributed by atoms with Crippen LogP contribution >= 0.6 is 12.2 Å². The zero-order valence-electron chi connectivity index (χ0n) is 17.2. The van der Waals surface area contributed by atoms with E-state index >= 15 is 0 Å². The van der Waals surface area contributed by atoms with Crippen molar-refractivity contribution in [2.45, 2.75) is 6.61 Å². The Morgan fingerprint density at radius 2 is 1.81 bits per heavy atom. The topological polar surface area (TPSA) is 77.1 Å². The van der Waals surface area contributed by atoms with Gasteiger partial charge in [-0.15, -0.1) is 6.58 Å². The lowest BCUT2D eigenvalue weighted by molar-refractivity contribution is -0.128. The Balaban J connectivity index is 2.04. The SMILES string of the molecule is C=CCN1C(=O)C(=Cc2ccc(OC)c(OC)c2OCc2ccccc2)C(=O)NC1=S. The van der Waals surface area contributed by atoms with Crippen molar-refractivity contribution in [3.63, 3.8) is 0 Å². The van der Waals surface area contributed by atoms with Crippen molar-refractivity contribution in [3.05, 3.63) is 71.8 Å². The number of amides is 2. The fraction of sp³-hybridized carbons (Fsp3) is 0.174. The zero-order valence-corrected chi connectivity index (χ0v) is 18.0. The van der Waals surface area contributed by atoms with Gasteiger partial charge in [0.25, 0.3) is 11.8 Å². The smallest absolute Gasteiger partial charge is 0.265 e. The normalized spacial score (nSPS) is 15.0. The zero-order chi connectivity index (χ0) is 22.4. The number of nitrogens with zero attached hydrogens (tertiary/aromatic N) is 1. The minimum atomic E-state index is -0.584. The van der Waals surface area contributed by atoms with E-state index in [1.165, 1.54) is 31.3 Å². The second-order valence-corrected chi connectivity index (χ2v) is 6.90. The Labute approximate surface area is 185 Å². The van der Waals surface area contributed by atoms with Crippen molar-refractivity contribution in [2.24, 2.45) is 0 Å². The van der Waals surface area contributed by atoms with Gasteiger partial charge in [0.1, 0.15) is 12.2 Å². The summed E-state index contributed by atoms with van der Waals surface area (Å²) in [7, 11) is 3.01. The second kappa shape index (κ2) is 9.90. The number of nitrogens with one attached hydrogen (secondary N) is 1. The van der Waals surface area contributed by atoms with E-state index in [0.29, 0.717) is 22.8 Å². The Bertz CT molecular complexity index is 1050. The van der Waals surface area contributed by atoms with Crippen molar-refractivity contribution in [2.75, 3.05) is 20.8 Å². The van der Waals surface area contributed by atoms with Gasteiger partial charge >= 0.3 is 0 Å². The largest absolute Gasteiger partial charge is 0.493 e. The highest BCUT2D eigenvalue weighted by Gasteiger charge is 2.33. The van der Waals surface area contributed by atoms with E-state index in [1.807, 2.05) is 30.3 Å². The summed E-state index contributed by atoms with van der Waals surface area (Å²) >= 11 is 5.10. The molecule has 1 aliphatic rings. The van der Waals surface area contributed by atoms with Crippen LogP contribution in [0.25, 0.3) is 6.08 Å². The summed E-state index contributed by atoms with van der Waals surface area (Å²) in [4.78, 5) is 26.6. The van der Waals surface area contributed by atoms with Gasteiger partial charge in [-0.1, -0.05) is 36.4 Å². The van der Waals surface area contributed by atoms with Crippen molar-refractivity contribution in [1.29, 1.82) is 0 Å². The van der Waals surface area contributed by atoms with E-state index < -0.39 is 11.8 Å². The first kappa shape index (κ1) is 22.0. The average molecular weight is 439 g/mol. The molecular weight excluding hydrogens is 416 g/mol. The standard InChI is InChI=1S/C23H22N2O5S/c1-4-12-25-22(27)17(21(26)24-23(25)31)13-16-10-11-18(28-2)20(29-3)19(16)30-14-15-8-6-5-7-9-15/h4-11,13H,1,12,14H2,2-3H3,(H,24,26,31). The summed E-state index contributed by atoms with van der Waals surface area (Å²) < 4.78 is 16.9. The number of carbonyl (C=O) groups is 2. The van der Waals surface area contributed by atoms with Crippen LogP contribution in [0.3, 0.4) is 0 Å². The summed E-state index contributed by atoms with van der Waals surface area (Å²) in [5, 5.41) is 2.57. The molecule has 0 radical (unpaired) electrons. The van der Waals surface area contributed by atoms with E-state index in [9.17, 15) is 9.59 Å². The number of ether oxygens (including phenoxy) is 3. The van der Waals surface area contributed by atoms with Crippen molar-refractivity contribution in [3.8, 4) is 17.2 Å². The Morgan fingerprint density at radius 1 is 1.06 bits per heavy atom. The van der Waals surface area contributed by atoms with Crippen LogP contribution in [-0.2, 0) is 16.2 Å². The number of methoxy groups -OCH3 is 2. The van der Waals surface area contributed by atoms with Crippen molar-refractivity contribution in [1.82, 2.24) is 10.2 Å². The molecule has 0 aliphatic carbocycles. The van der Waals surface area contributed by atoms with Crippen LogP contribution in [0.2, 0.25) is 0 Å². The third-order valence-corrected chi connectivity index (χ3v) is 4.88. The molecule has 7 nitrogen and oxygen atoms in total. The molecule has 0 bridgehead atoms. The lowest BCUT2D eigenvalue weighted by atomic mass is 10.1. The molecule has 2 aromatic carbocycles. The fourth-order valence-corrected chi connectivity index (χ4v) is 3.30. The average Bonchev–Trinajstić information content (AvgIpc) is 2.78. The quantitative estimate of drug-likeness (QED) is 0.295. The third kappa shape index (κ3) is 4.75. The van der Waals surface area contributed by atoms with Gasteiger partial charge in [-0.05, 0) is 36.0 Å². The predicted octanol–water partition coefficient (Wildman–Crippen LogP) is 3.10. The molecule has 1 fully saturated rings. The molecule has 1 N–H and O–H groups in total. The van der Waals surface area contributed by atoms with Gasteiger partial charge in [-0.2, -0.15) is 0 Å². The summed E-state index contributed by atoms with van der Waals surface area (Å²) in [6.45, 7) is 4.06. The Morgan fingerprint density at radius 3 is 2.45 bits per heavy atom. The second-order valence-electron chi connectivity index (χ2n) is 6.52. The van der Waals surface area contributed by atoms with E-state index in [2.05, 4.69) is 11.9 Å². The molecule has 0 aromatic heterocycles. The Kier molecular flexibility index (Phi) is 7.04. The van der Waals surface area contributed by atoms with E-state index in [4.69, 9.17) is 26.4 Å². The van der Waals surface area contributed by atoms with E-state index in [-0.39, 0.29) is 23.8 Å². The molecule has 3 rings (SSSR count). The van der Waals surface area contributed by atoms with Gasteiger partial charge in [-0.3, -0.25) is 19.8 Å². The molecule has 8 heteroatoms. The summed E-state index contributed by atoms with van der Waals surface area (Å²) in [5.41, 5.74) is 1.35. The number of rotatable bonds is 8. The third-order valence-electron chi connectivity index (χ3n) is 4.55. The van der Waals surface area contributed by atoms with Gasteiger partial charge in [-0.25, -0.2) is 0 Å². The molecule has 1 heterocycles. The van der Waals surface area contributed by atoms with Gasteiger partial charge in [0.15, 0.2) is 16.6 Å². The minimum Gasteiger partial charge on any atom is -0.493 e. The maximum atomic E-state index is 12.9. The minimum absolute atomic E-state index is 0.0416. The first-order chi connectivity index (χ1) is 15.0. The van der Waals surface area contributed by atoms with Crippen LogP contribution < -0.4 is 19.5 Å². The van der Waals surface area contributed by atoms with Crippen LogP contribution in [0.4, 0.5) is 0 Å². The summed E-state index contributed by atoms with van der Waals surface area (Å²) in [6.07, 6.45) is 2.99. The molecule has 1 aliphatic heterocycles. The molecule has 160 valence electrons. The van der Waals surface area contributed by atoms with Crippen LogP contribution in [0, 0.1) is 0 Å². The number of hydrogen-bond donors (Lipinski definition) is 1. The molecule has 31 heavy (non-hydrogen) atoms. The fourth-order valence-electron chi connectivity index (χ4n) is 3.05. The lowest BCUT2D eigenvalue weighted by Gasteiger charge is -2.28. The highest BCUT2D eigenvalue weighted by atomic mass is 32.1. The van der Waals surface area contributed by atoms with E-state index in [0.717, 1.165) is 5.56 Å². The first-order valence-corrected chi connectivity index (χ1v) is 9.82. The highest BCUT2D eigenvalue weighted by molar-refractivity contribution is 7.80. The monoisotopic (exact) mass is 438 g/mol. The van der Waals surface area contributed by atoms with Gasteiger partial charge in [0.05, 0.1) is 14.2 Å². The molecule has 0 unspecified atom stereocenters. The summed E-state index contributed by atoms with van der Waals surface area (Å²) in [6, 6.07) is 13.0. The van der Waals surface area contributed by atoms with Crippen LogP contribution in [0.15, 0.2) is 60.7 Å². The first-order valence-electron chi connectivity index (χ1n) is 9.41. The van der Waals surface area contributed by atoms with Crippen molar-refractivity contribution < 1.29 is 23.8 Å². The van der Waals surface area contributed by atoms with Gasteiger partial charge in [0.2, 0.25) is 5.75 Å². The van der Waals surface area contributed by atoms with Crippen LogP contribution in [0.1, 0.15) is 11.1 Å². The highest BCUT2D eigenvalue weighted by Crippen LogP contribution is 2.41. The maximum absolute atomic E-state index is 12.9. The number of benzene rings is 2. The molecule has 2 aromatic rings. The Hall–Kier alpha value is -3.65.